The standard InChI is InChI=1S/C7H8FN3OS/c8-7-9-4-6(5-10-7)11-13(12)2-1-3-13/h4-5H,1-3H2. The van der Waals surface area contributed by atoms with Gasteiger partial charge < -0.3 is 0 Å². The third-order valence-electron chi connectivity index (χ3n) is 1.81. The Morgan fingerprint density at radius 3 is 2.46 bits per heavy atom. The monoisotopic (exact) mass is 201 g/mol. The van der Waals surface area contributed by atoms with Crippen LogP contribution in [0.5, 0.6) is 0 Å². The highest BCUT2D eigenvalue weighted by Gasteiger charge is 2.19. The Morgan fingerprint density at radius 2 is 2.00 bits per heavy atom. The van der Waals surface area contributed by atoms with Crippen LogP contribution in [-0.2, 0) is 9.73 Å². The van der Waals surface area contributed by atoms with E-state index in [0.717, 1.165) is 6.42 Å². The third-order valence-corrected chi connectivity index (χ3v) is 4.20. The maximum Gasteiger partial charge on any atom is 0.308 e. The van der Waals surface area contributed by atoms with E-state index in [1.54, 1.807) is 0 Å². The van der Waals surface area contributed by atoms with Crippen LogP contribution in [0.2, 0.25) is 0 Å². The summed E-state index contributed by atoms with van der Waals surface area (Å²) < 4.78 is 27.8. The molecule has 70 valence electrons. The van der Waals surface area contributed by atoms with Crippen LogP contribution in [0.25, 0.3) is 0 Å². The zero-order valence-electron chi connectivity index (χ0n) is 6.81. The number of hydrogen-bond donors (Lipinski definition) is 0. The van der Waals surface area contributed by atoms with Crippen LogP contribution in [0.3, 0.4) is 0 Å². The fraction of sp³-hybridized carbons (Fsp3) is 0.429. The van der Waals surface area contributed by atoms with Crippen molar-refractivity contribution in [3.63, 3.8) is 0 Å². The molecule has 6 heteroatoms. The molecule has 1 aliphatic heterocycles. The Morgan fingerprint density at radius 1 is 1.38 bits per heavy atom. The molecular weight excluding hydrogens is 193 g/mol. The largest absolute Gasteiger partial charge is 0.308 e. The normalized spacial score (nSPS) is 19.2. The molecule has 0 bridgehead atoms. The van der Waals surface area contributed by atoms with Gasteiger partial charge in [0.1, 0.15) is 5.69 Å². The van der Waals surface area contributed by atoms with Crippen LogP contribution in [0, 0.1) is 6.08 Å². The predicted molar refractivity (Wildman–Crippen MR) is 46.6 cm³/mol. The van der Waals surface area contributed by atoms with Gasteiger partial charge in [0.15, 0.2) is 0 Å². The minimum absolute atomic E-state index is 0.395. The highest BCUT2D eigenvalue weighted by atomic mass is 32.2. The average Bonchev–Trinajstić information content (AvgIpc) is 2.06. The van der Waals surface area contributed by atoms with E-state index in [1.165, 1.54) is 12.4 Å². The van der Waals surface area contributed by atoms with Gasteiger partial charge in [-0.05, 0) is 6.42 Å². The zero-order chi connectivity index (χ0) is 9.31. The van der Waals surface area contributed by atoms with Crippen LogP contribution in [0.15, 0.2) is 16.8 Å². The molecule has 1 aromatic rings. The number of hydrogen-bond acceptors (Lipinski definition) is 4. The quantitative estimate of drug-likeness (QED) is 0.640. The highest BCUT2D eigenvalue weighted by Crippen LogP contribution is 2.19. The molecule has 0 radical (unpaired) electrons. The van der Waals surface area contributed by atoms with Crippen molar-refractivity contribution in [3.8, 4) is 0 Å². The van der Waals surface area contributed by atoms with Gasteiger partial charge >= 0.3 is 6.08 Å². The van der Waals surface area contributed by atoms with Crippen molar-refractivity contribution in [2.75, 3.05) is 11.5 Å². The van der Waals surface area contributed by atoms with Crippen molar-refractivity contribution in [3.05, 3.63) is 18.5 Å². The minimum atomic E-state index is -2.03. The summed E-state index contributed by atoms with van der Waals surface area (Å²) in [5.74, 6) is 1.26. The van der Waals surface area contributed by atoms with Crippen molar-refractivity contribution in [1.82, 2.24) is 9.97 Å². The molecule has 13 heavy (non-hydrogen) atoms. The van der Waals surface area contributed by atoms with Crippen molar-refractivity contribution in [1.29, 1.82) is 0 Å². The molecule has 4 nitrogen and oxygen atoms in total. The Kier molecular flexibility index (Phi) is 1.99. The van der Waals surface area contributed by atoms with E-state index in [9.17, 15) is 8.60 Å². The highest BCUT2D eigenvalue weighted by molar-refractivity contribution is 7.95. The number of nitrogens with zero attached hydrogens (tertiary/aromatic N) is 3. The molecule has 0 spiro atoms. The fourth-order valence-corrected chi connectivity index (χ4v) is 2.47. The van der Waals surface area contributed by atoms with Gasteiger partial charge in [-0.25, -0.2) is 14.2 Å². The molecular formula is C7H8FN3OS. The van der Waals surface area contributed by atoms with E-state index in [-0.39, 0.29) is 0 Å². The van der Waals surface area contributed by atoms with Gasteiger partial charge in [0.05, 0.1) is 22.1 Å². The minimum Gasteiger partial charge on any atom is -0.249 e. The zero-order valence-corrected chi connectivity index (χ0v) is 7.63. The summed E-state index contributed by atoms with van der Waals surface area (Å²) >= 11 is 0. The van der Waals surface area contributed by atoms with Crippen molar-refractivity contribution < 1.29 is 8.60 Å². The molecule has 2 rings (SSSR count). The van der Waals surface area contributed by atoms with E-state index in [0.29, 0.717) is 17.2 Å². The molecule has 1 aliphatic rings. The van der Waals surface area contributed by atoms with Crippen LogP contribution >= 0.6 is 0 Å². The number of halogens is 1. The molecule has 2 heterocycles. The topological polar surface area (TPSA) is 55.2 Å². The lowest BCUT2D eigenvalue weighted by Gasteiger charge is -2.17. The van der Waals surface area contributed by atoms with Crippen molar-refractivity contribution in [2.45, 2.75) is 6.42 Å². The molecule has 0 saturated carbocycles. The fourth-order valence-electron chi connectivity index (χ4n) is 1.03. The lowest BCUT2D eigenvalue weighted by molar-refractivity contribution is 0.539. The van der Waals surface area contributed by atoms with Gasteiger partial charge in [0.25, 0.3) is 0 Å². The van der Waals surface area contributed by atoms with Gasteiger partial charge in [0, 0.05) is 11.5 Å². The molecule has 0 amide bonds. The maximum absolute atomic E-state index is 12.3. The van der Waals surface area contributed by atoms with Gasteiger partial charge in [-0.15, -0.1) is 0 Å². The molecule has 0 unspecified atom stereocenters. The third kappa shape index (κ3) is 1.82. The SMILES string of the molecule is O=S1(=Nc2cnc(F)nc2)CCC1. The Hall–Kier alpha value is -1.04. The molecule has 0 atom stereocenters. The van der Waals surface area contributed by atoms with Crippen molar-refractivity contribution >= 4 is 15.4 Å². The second kappa shape index (κ2) is 3.02. The summed E-state index contributed by atoms with van der Waals surface area (Å²) in [4.78, 5) is 6.65. The Bertz CT molecular complexity index is 412. The van der Waals surface area contributed by atoms with E-state index in [2.05, 4.69) is 14.3 Å². The van der Waals surface area contributed by atoms with E-state index < -0.39 is 15.8 Å². The van der Waals surface area contributed by atoms with E-state index in [4.69, 9.17) is 0 Å². The van der Waals surface area contributed by atoms with Crippen LogP contribution < -0.4 is 0 Å². The maximum atomic E-state index is 12.3. The lowest BCUT2D eigenvalue weighted by atomic mass is 10.5. The first kappa shape index (κ1) is 8.55. The van der Waals surface area contributed by atoms with E-state index >= 15 is 0 Å². The van der Waals surface area contributed by atoms with Crippen molar-refractivity contribution in [2.24, 2.45) is 4.36 Å². The molecule has 1 aromatic heterocycles. The molecule has 1 fully saturated rings. The second-order valence-electron chi connectivity index (χ2n) is 2.84. The summed E-state index contributed by atoms with van der Waals surface area (Å²) in [6.07, 6.45) is 2.65. The Balaban J connectivity index is 2.32. The summed E-state index contributed by atoms with van der Waals surface area (Å²) in [6, 6.07) is 0. The predicted octanol–water partition coefficient (Wildman–Crippen LogP) is 1.12. The van der Waals surface area contributed by atoms with Crippen LogP contribution in [-0.4, -0.2) is 25.7 Å². The smallest absolute Gasteiger partial charge is 0.249 e. The summed E-state index contributed by atoms with van der Waals surface area (Å²) in [5.41, 5.74) is 0.395. The summed E-state index contributed by atoms with van der Waals surface area (Å²) in [6.45, 7) is 0. The summed E-state index contributed by atoms with van der Waals surface area (Å²) in [7, 11) is -2.03. The second-order valence-corrected chi connectivity index (χ2v) is 5.38. The van der Waals surface area contributed by atoms with Gasteiger partial charge in [0.2, 0.25) is 0 Å². The van der Waals surface area contributed by atoms with E-state index in [1.807, 2.05) is 0 Å². The number of aromatic nitrogens is 2. The number of rotatable bonds is 1. The van der Waals surface area contributed by atoms with Crippen LogP contribution in [0.1, 0.15) is 6.42 Å². The average molecular weight is 201 g/mol. The van der Waals surface area contributed by atoms with Gasteiger partial charge in [-0.2, -0.15) is 8.75 Å². The first-order chi connectivity index (χ1) is 6.18. The molecule has 1 saturated heterocycles. The lowest BCUT2D eigenvalue weighted by Crippen LogP contribution is -2.22. The molecule has 0 N–H and O–H groups in total. The Labute approximate surface area is 75.4 Å². The van der Waals surface area contributed by atoms with Gasteiger partial charge in [-0.3, -0.25) is 0 Å². The summed E-state index contributed by atoms with van der Waals surface area (Å²) in [5, 5.41) is 0. The van der Waals surface area contributed by atoms with Crippen LogP contribution in [0.4, 0.5) is 10.1 Å². The first-order valence-electron chi connectivity index (χ1n) is 3.88. The molecule has 0 aromatic carbocycles. The molecule has 0 aliphatic carbocycles. The first-order valence-corrected chi connectivity index (χ1v) is 5.73. The van der Waals surface area contributed by atoms with Gasteiger partial charge in [-0.1, -0.05) is 0 Å².